The summed E-state index contributed by atoms with van der Waals surface area (Å²) in [5.41, 5.74) is -0.724. The van der Waals surface area contributed by atoms with E-state index in [1.165, 1.54) is 0 Å². The van der Waals surface area contributed by atoms with Crippen LogP contribution >= 0.6 is 0 Å². The van der Waals surface area contributed by atoms with Gasteiger partial charge in [0.25, 0.3) is 0 Å². The SMILES string of the molecule is O=C(NCC1(O)CCC1)OCCO. The molecule has 5 nitrogen and oxygen atoms in total. The molecule has 5 heteroatoms. The van der Waals surface area contributed by atoms with Crippen molar-refractivity contribution in [1.29, 1.82) is 0 Å². The Bertz CT molecular complexity index is 179. The van der Waals surface area contributed by atoms with Gasteiger partial charge in [-0.15, -0.1) is 0 Å². The molecule has 0 saturated heterocycles. The first-order valence-electron chi connectivity index (χ1n) is 4.40. The number of rotatable bonds is 4. The number of aliphatic hydroxyl groups is 2. The van der Waals surface area contributed by atoms with Gasteiger partial charge in [-0.2, -0.15) is 0 Å². The van der Waals surface area contributed by atoms with E-state index in [1.54, 1.807) is 0 Å². The highest BCUT2D eigenvalue weighted by atomic mass is 16.6. The molecule has 1 saturated carbocycles. The third-order valence-electron chi connectivity index (χ3n) is 2.17. The van der Waals surface area contributed by atoms with Crippen molar-refractivity contribution in [2.24, 2.45) is 0 Å². The Morgan fingerprint density at radius 3 is 2.69 bits per heavy atom. The quantitative estimate of drug-likeness (QED) is 0.563. The number of nitrogens with one attached hydrogen (secondary N) is 1. The number of amides is 1. The predicted octanol–water partition coefficient (Wildman–Crippen LogP) is -0.380. The fourth-order valence-corrected chi connectivity index (χ4v) is 1.19. The van der Waals surface area contributed by atoms with Crippen LogP contribution in [0.5, 0.6) is 0 Å². The van der Waals surface area contributed by atoms with Crippen molar-refractivity contribution in [1.82, 2.24) is 5.32 Å². The molecule has 0 radical (unpaired) electrons. The molecular formula is C8H15NO4. The molecule has 0 aliphatic heterocycles. The lowest BCUT2D eigenvalue weighted by Crippen LogP contribution is -2.47. The van der Waals surface area contributed by atoms with Crippen LogP contribution in [0.1, 0.15) is 19.3 Å². The Morgan fingerprint density at radius 1 is 1.54 bits per heavy atom. The largest absolute Gasteiger partial charge is 0.447 e. The second-order valence-electron chi connectivity index (χ2n) is 3.29. The van der Waals surface area contributed by atoms with Gasteiger partial charge in [0.2, 0.25) is 0 Å². The van der Waals surface area contributed by atoms with E-state index >= 15 is 0 Å². The Hall–Kier alpha value is -0.810. The van der Waals surface area contributed by atoms with Crippen LogP contribution in [0.25, 0.3) is 0 Å². The molecule has 3 N–H and O–H groups in total. The maximum absolute atomic E-state index is 10.8. The highest BCUT2D eigenvalue weighted by Crippen LogP contribution is 2.30. The number of alkyl carbamates (subject to hydrolysis) is 1. The van der Waals surface area contributed by atoms with Gasteiger partial charge in [0, 0.05) is 6.54 Å². The molecule has 76 valence electrons. The zero-order chi connectivity index (χ0) is 9.73. The lowest BCUT2D eigenvalue weighted by atomic mass is 9.80. The van der Waals surface area contributed by atoms with Crippen LogP contribution in [0.2, 0.25) is 0 Å². The van der Waals surface area contributed by atoms with Crippen molar-refractivity contribution < 1.29 is 19.7 Å². The Kier molecular flexibility index (Phi) is 3.50. The summed E-state index contributed by atoms with van der Waals surface area (Å²) in [4.78, 5) is 10.8. The third-order valence-corrected chi connectivity index (χ3v) is 2.17. The van der Waals surface area contributed by atoms with Crippen LogP contribution in [0.4, 0.5) is 4.79 Å². The zero-order valence-corrected chi connectivity index (χ0v) is 7.45. The minimum Gasteiger partial charge on any atom is -0.447 e. The number of carbonyl (C=O) groups is 1. The summed E-state index contributed by atoms with van der Waals surface area (Å²) in [5, 5.41) is 20.3. The van der Waals surface area contributed by atoms with Crippen molar-refractivity contribution in [2.45, 2.75) is 24.9 Å². The van der Waals surface area contributed by atoms with E-state index < -0.39 is 11.7 Å². The molecule has 1 aliphatic carbocycles. The molecule has 1 rings (SSSR count). The minimum absolute atomic E-state index is 0.00966. The van der Waals surface area contributed by atoms with E-state index in [-0.39, 0.29) is 19.8 Å². The molecule has 0 aromatic rings. The van der Waals surface area contributed by atoms with Gasteiger partial charge in [0.1, 0.15) is 6.61 Å². The van der Waals surface area contributed by atoms with Gasteiger partial charge >= 0.3 is 6.09 Å². The highest BCUT2D eigenvalue weighted by molar-refractivity contribution is 5.67. The van der Waals surface area contributed by atoms with E-state index in [0.717, 1.165) is 19.3 Å². The van der Waals surface area contributed by atoms with Crippen LogP contribution in [0, 0.1) is 0 Å². The Morgan fingerprint density at radius 2 is 2.23 bits per heavy atom. The number of hydrogen-bond acceptors (Lipinski definition) is 4. The van der Waals surface area contributed by atoms with Crippen LogP contribution in [-0.2, 0) is 4.74 Å². The van der Waals surface area contributed by atoms with E-state index in [0.29, 0.717) is 0 Å². The number of aliphatic hydroxyl groups excluding tert-OH is 1. The molecule has 0 unspecified atom stereocenters. The summed E-state index contributed by atoms with van der Waals surface area (Å²) >= 11 is 0. The molecule has 1 aliphatic rings. The highest BCUT2D eigenvalue weighted by Gasteiger charge is 2.34. The van der Waals surface area contributed by atoms with Crippen LogP contribution in [0.15, 0.2) is 0 Å². The molecule has 1 amide bonds. The normalized spacial score (nSPS) is 18.9. The molecule has 0 bridgehead atoms. The average Bonchev–Trinajstić information content (AvgIpc) is 2.08. The van der Waals surface area contributed by atoms with Gasteiger partial charge in [-0.05, 0) is 19.3 Å². The molecule has 0 aromatic carbocycles. The molecule has 0 heterocycles. The minimum atomic E-state index is -0.724. The molecule has 0 spiro atoms. The van der Waals surface area contributed by atoms with E-state index in [1.807, 2.05) is 0 Å². The topological polar surface area (TPSA) is 78.8 Å². The van der Waals surface area contributed by atoms with Crippen molar-refractivity contribution in [2.75, 3.05) is 19.8 Å². The lowest BCUT2D eigenvalue weighted by Gasteiger charge is -2.36. The Labute approximate surface area is 76.7 Å². The zero-order valence-electron chi connectivity index (χ0n) is 7.45. The van der Waals surface area contributed by atoms with E-state index in [9.17, 15) is 9.90 Å². The van der Waals surface area contributed by atoms with Crippen molar-refractivity contribution >= 4 is 6.09 Å². The number of hydrogen-bond donors (Lipinski definition) is 3. The molecule has 13 heavy (non-hydrogen) atoms. The smallest absolute Gasteiger partial charge is 0.407 e. The number of ether oxygens (including phenoxy) is 1. The molecule has 0 atom stereocenters. The standard InChI is InChI=1S/C8H15NO4/c10-4-5-13-7(11)9-6-8(12)2-1-3-8/h10,12H,1-6H2,(H,9,11). The predicted molar refractivity (Wildman–Crippen MR) is 45.2 cm³/mol. The summed E-state index contributed by atoms with van der Waals surface area (Å²) in [6.45, 7) is 0.0409. The van der Waals surface area contributed by atoms with E-state index in [4.69, 9.17) is 5.11 Å². The second kappa shape index (κ2) is 4.43. The first-order valence-corrected chi connectivity index (χ1v) is 4.40. The fraction of sp³-hybridized carbons (Fsp3) is 0.875. The fourth-order valence-electron chi connectivity index (χ4n) is 1.19. The summed E-state index contributed by atoms with van der Waals surface area (Å²) in [6, 6.07) is 0. The number of carbonyl (C=O) groups excluding carboxylic acids is 1. The summed E-state index contributed by atoms with van der Waals surface area (Å²) < 4.78 is 4.54. The van der Waals surface area contributed by atoms with Gasteiger partial charge in [0.15, 0.2) is 0 Å². The molecule has 0 aromatic heterocycles. The van der Waals surface area contributed by atoms with Crippen molar-refractivity contribution in [3.05, 3.63) is 0 Å². The first-order chi connectivity index (χ1) is 6.16. The third kappa shape index (κ3) is 3.20. The second-order valence-corrected chi connectivity index (χ2v) is 3.29. The lowest BCUT2D eigenvalue weighted by molar-refractivity contribution is -0.0311. The maximum Gasteiger partial charge on any atom is 0.407 e. The van der Waals surface area contributed by atoms with Crippen molar-refractivity contribution in [3.63, 3.8) is 0 Å². The maximum atomic E-state index is 10.8. The van der Waals surface area contributed by atoms with Gasteiger partial charge in [-0.3, -0.25) is 0 Å². The summed E-state index contributed by atoms with van der Waals surface area (Å²) in [5.74, 6) is 0. The van der Waals surface area contributed by atoms with Gasteiger partial charge in [-0.25, -0.2) is 4.79 Å². The van der Waals surface area contributed by atoms with Crippen LogP contribution in [-0.4, -0.2) is 41.7 Å². The van der Waals surface area contributed by atoms with Crippen LogP contribution < -0.4 is 5.32 Å². The summed E-state index contributed by atoms with van der Waals surface area (Å²) in [6.07, 6.45) is 1.87. The molecular weight excluding hydrogens is 174 g/mol. The average molecular weight is 189 g/mol. The van der Waals surface area contributed by atoms with E-state index in [2.05, 4.69) is 10.1 Å². The van der Waals surface area contributed by atoms with Gasteiger partial charge < -0.3 is 20.3 Å². The van der Waals surface area contributed by atoms with Crippen LogP contribution in [0.3, 0.4) is 0 Å². The van der Waals surface area contributed by atoms with Gasteiger partial charge in [-0.1, -0.05) is 0 Å². The first kappa shape index (κ1) is 10.3. The summed E-state index contributed by atoms with van der Waals surface area (Å²) in [7, 11) is 0. The Balaban J connectivity index is 2.07. The van der Waals surface area contributed by atoms with Crippen molar-refractivity contribution in [3.8, 4) is 0 Å². The van der Waals surface area contributed by atoms with Gasteiger partial charge in [0.05, 0.1) is 12.2 Å². The monoisotopic (exact) mass is 189 g/mol. The molecule has 1 fully saturated rings.